The summed E-state index contributed by atoms with van der Waals surface area (Å²) in [6, 6.07) is 21.7. The van der Waals surface area contributed by atoms with Crippen LogP contribution in [0.1, 0.15) is 22.4 Å². The minimum atomic E-state index is -0.418. The van der Waals surface area contributed by atoms with Crippen LogP contribution < -0.4 is 10.2 Å². The molecule has 3 heterocycles. The number of aryl methyl sites for hydroxylation is 1. The first-order chi connectivity index (χ1) is 17.1. The smallest absolute Gasteiger partial charge is 0.262 e. The van der Waals surface area contributed by atoms with Crippen LogP contribution in [0.25, 0.3) is 17.0 Å². The Morgan fingerprint density at radius 3 is 2.74 bits per heavy atom. The number of hydrogen-bond donors (Lipinski definition) is 1. The zero-order chi connectivity index (χ0) is 24.2. The third-order valence-electron chi connectivity index (χ3n) is 6.20. The summed E-state index contributed by atoms with van der Waals surface area (Å²) in [5.41, 5.74) is 3.82. The number of rotatable bonds is 6. The molecule has 2 aromatic heterocycles. The predicted octanol–water partition coefficient (Wildman–Crippen LogP) is 4.91. The molecule has 0 spiro atoms. The Morgan fingerprint density at radius 1 is 1.09 bits per heavy atom. The van der Waals surface area contributed by atoms with Gasteiger partial charge < -0.3 is 14.8 Å². The van der Waals surface area contributed by atoms with E-state index in [2.05, 4.69) is 11.4 Å². The average molecular weight is 481 g/mol. The number of anilines is 1. The topological polar surface area (TPSA) is 78.1 Å². The highest BCUT2D eigenvalue weighted by Gasteiger charge is 2.23. The average Bonchev–Trinajstić information content (AvgIpc) is 3.54. The van der Waals surface area contributed by atoms with Crippen LogP contribution in [0, 0.1) is 11.3 Å². The van der Waals surface area contributed by atoms with Crippen molar-refractivity contribution in [2.45, 2.75) is 25.9 Å². The Balaban J connectivity index is 1.41. The monoisotopic (exact) mass is 480 g/mol. The summed E-state index contributed by atoms with van der Waals surface area (Å²) < 4.78 is 1.90. The number of thiophene rings is 1. The SMILES string of the molecule is N#C/C(=C\c1cn(CC(=O)N2CCCc3ccccc32)c2ccccc12)C(=O)NCc1cccs1. The normalized spacial score (nSPS) is 13.3. The number of carbonyl (C=O) groups is 2. The zero-order valence-corrected chi connectivity index (χ0v) is 19.9. The molecule has 5 rings (SSSR count). The lowest BCUT2D eigenvalue weighted by molar-refractivity contribution is -0.119. The Labute approximate surface area is 207 Å². The molecule has 1 aliphatic rings. The molecule has 7 heteroatoms. The molecule has 4 aromatic rings. The second-order valence-electron chi connectivity index (χ2n) is 8.44. The number of benzene rings is 2. The van der Waals surface area contributed by atoms with E-state index < -0.39 is 5.91 Å². The fraction of sp³-hybridized carbons (Fsp3) is 0.179. The van der Waals surface area contributed by atoms with Gasteiger partial charge in [0, 0.05) is 39.8 Å². The van der Waals surface area contributed by atoms with Crippen LogP contribution in [0.4, 0.5) is 5.69 Å². The van der Waals surface area contributed by atoms with Gasteiger partial charge in [0.1, 0.15) is 18.2 Å². The zero-order valence-electron chi connectivity index (χ0n) is 19.1. The van der Waals surface area contributed by atoms with Crippen molar-refractivity contribution >= 4 is 45.8 Å². The molecule has 0 aliphatic carbocycles. The number of aromatic nitrogens is 1. The first-order valence-electron chi connectivity index (χ1n) is 11.5. The highest BCUT2D eigenvalue weighted by molar-refractivity contribution is 7.09. The van der Waals surface area contributed by atoms with Gasteiger partial charge in [0.2, 0.25) is 5.91 Å². The fourth-order valence-corrected chi connectivity index (χ4v) is 5.17. The maximum Gasteiger partial charge on any atom is 0.262 e. The van der Waals surface area contributed by atoms with E-state index in [4.69, 9.17) is 0 Å². The lowest BCUT2D eigenvalue weighted by atomic mass is 10.0. The molecule has 2 aromatic carbocycles. The van der Waals surface area contributed by atoms with Gasteiger partial charge in [-0.15, -0.1) is 11.3 Å². The standard InChI is InChI=1S/C28H24N4O2S/c29-16-21(28(34)30-17-23-9-6-14-35-23)15-22-18-31(26-12-4-2-10-24(22)26)19-27(33)32-13-5-8-20-7-1-3-11-25(20)32/h1-4,6-7,9-12,14-15,18H,5,8,13,17,19H2,(H,30,34)/b21-15+. The van der Waals surface area contributed by atoms with Crippen LogP contribution in [0.3, 0.4) is 0 Å². The molecular weight excluding hydrogens is 456 g/mol. The summed E-state index contributed by atoms with van der Waals surface area (Å²) in [6.07, 6.45) is 5.37. The molecule has 2 amide bonds. The van der Waals surface area contributed by atoms with E-state index in [1.807, 2.05) is 81.7 Å². The van der Waals surface area contributed by atoms with E-state index in [9.17, 15) is 14.9 Å². The number of para-hydroxylation sites is 2. The number of fused-ring (bicyclic) bond motifs is 2. The van der Waals surface area contributed by atoms with Crippen molar-refractivity contribution < 1.29 is 9.59 Å². The van der Waals surface area contributed by atoms with Gasteiger partial charge in [-0.2, -0.15) is 5.26 Å². The van der Waals surface area contributed by atoms with Crippen LogP contribution in [0.2, 0.25) is 0 Å². The van der Waals surface area contributed by atoms with Crippen molar-refractivity contribution in [1.29, 1.82) is 5.26 Å². The van der Waals surface area contributed by atoms with Gasteiger partial charge in [0.25, 0.3) is 5.91 Å². The minimum Gasteiger partial charge on any atom is -0.347 e. The molecule has 6 nitrogen and oxygen atoms in total. The van der Waals surface area contributed by atoms with Gasteiger partial charge >= 0.3 is 0 Å². The van der Waals surface area contributed by atoms with Crippen LogP contribution >= 0.6 is 11.3 Å². The number of hydrogen-bond acceptors (Lipinski definition) is 4. The van der Waals surface area contributed by atoms with Gasteiger partial charge in [-0.3, -0.25) is 9.59 Å². The molecule has 0 saturated carbocycles. The lowest BCUT2D eigenvalue weighted by Crippen LogP contribution is -2.37. The van der Waals surface area contributed by atoms with E-state index in [0.29, 0.717) is 13.1 Å². The number of amides is 2. The molecule has 0 fully saturated rings. The van der Waals surface area contributed by atoms with E-state index in [1.54, 1.807) is 17.4 Å². The van der Waals surface area contributed by atoms with Gasteiger partial charge in [0.05, 0.1) is 6.54 Å². The van der Waals surface area contributed by atoms with Gasteiger partial charge in [-0.1, -0.05) is 42.5 Å². The van der Waals surface area contributed by atoms with Gasteiger partial charge in [-0.25, -0.2) is 0 Å². The number of carbonyl (C=O) groups excluding carboxylic acids is 2. The molecule has 0 atom stereocenters. The highest BCUT2D eigenvalue weighted by Crippen LogP contribution is 2.28. The van der Waals surface area contributed by atoms with E-state index in [1.165, 1.54) is 5.56 Å². The molecule has 1 aliphatic heterocycles. The molecule has 174 valence electrons. The first-order valence-corrected chi connectivity index (χ1v) is 12.4. The number of nitrogens with zero attached hydrogens (tertiary/aromatic N) is 3. The summed E-state index contributed by atoms with van der Waals surface area (Å²) in [5, 5.41) is 15.3. The van der Waals surface area contributed by atoms with Crippen LogP contribution in [-0.4, -0.2) is 22.9 Å². The van der Waals surface area contributed by atoms with Crippen LogP contribution in [-0.2, 0) is 29.1 Å². The van der Waals surface area contributed by atoms with Crippen molar-refractivity contribution in [3.8, 4) is 6.07 Å². The minimum absolute atomic E-state index is 0.0163. The summed E-state index contributed by atoms with van der Waals surface area (Å²) >= 11 is 1.55. The molecule has 0 radical (unpaired) electrons. The van der Waals surface area contributed by atoms with Crippen molar-refractivity contribution in [1.82, 2.24) is 9.88 Å². The molecule has 0 unspecified atom stereocenters. The largest absolute Gasteiger partial charge is 0.347 e. The van der Waals surface area contributed by atoms with Crippen molar-refractivity contribution in [2.24, 2.45) is 0 Å². The maximum absolute atomic E-state index is 13.3. The first kappa shape index (κ1) is 22.6. The highest BCUT2D eigenvalue weighted by atomic mass is 32.1. The van der Waals surface area contributed by atoms with Gasteiger partial charge in [-0.05, 0) is 48.1 Å². The third-order valence-corrected chi connectivity index (χ3v) is 7.08. The molecule has 0 bridgehead atoms. The summed E-state index contributed by atoms with van der Waals surface area (Å²) in [4.78, 5) is 28.9. The lowest BCUT2D eigenvalue weighted by Gasteiger charge is -2.29. The number of nitrogens with one attached hydrogen (secondary N) is 1. The third kappa shape index (κ3) is 4.75. The Hall–Kier alpha value is -4.15. The molecule has 0 saturated heterocycles. The van der Waals surface area contributed by atoms with Gasteiger partial charge in [0.15, 0.2) is 0 Å². The summed E-state index contributed by atoms with van der Waals surface area (Å²) in [6.45, 7) is 1.25. The van der Waals surface area contributed by atoms with Crippen molar-refractivity contribution in [3.05, 3.63) is 93.8 Å². The second-order valence-corrected chi connectivity index (χ2v) is 9.47. The quantitative estimate of drug-likeness (QED) is 0.315. The Bertz CT molecular complexity index is 1460. The fourth-order valence-electron chi connectivity index (χ4n) is 4.52. The maximum atomic E-state index is 13.3. The number of nitriles is 1. The molecule has 1 N–H and O–H groups in total. The Morgan fingerprint density at radius 2 is 1.91 bits per heavy atom. The summed E-state index contributed by atoms with van der Waals surface area (Å²) in [7, 11) is 0. The van der Waals surface area contributed by atoms with E-state index >= 15 is 0 Å². The predicted molar refractivity (Wildman–Crippen MR) is 139 cm³/mol. The van der Waals surface area contributed by atoms with E-state index in [0.717, 1.165) is 39.9 Å². The van der Waals surface area contributed by atoms with E-state index in [-0.39, 0.29) is 18.0 Å². The Kier molecular flexibility index (Phi) is 6.47. The molecular formula is C28H24N4O2S. The van der Waals surface area contributed by atoms with Crippen molar-refractivity contribution in [3.63, 3.8) is 0 Å². The second kappa shape index (κ2) is 10.00. The van der Waals surface area contributed by atoms with Crippen LogP contribution in [0.15, 0.2) is 77.8 Å². The van der Waals surface area contributed by atoms with Crippen LogP contribution in [0.5, 0.6) is 0 Å². The molecule has 35 heavy (non-hydrogen) atoms. The summed E-state index contributed by atoms with van der Waals surface area (Å²) in [5.74, 6) is -0.402. The van der Waals surface area contributed by atoms with Crippen molar-refractivity contribution in [2.75, 3.05) is 11.4 Å².